The van der Waals surface area contributed by atoms with E-state index in [1.807, 2.05) is 43.3 Å². The van der Waals surface area contributed by atoms with Crippen LogP contribution in [-0.2, 0) is 4.74 Å². The lowest BCUT2D eigenvalue weighted by Gasteiger charge is -2.28. The van der Waals surface area contributed by atoms with Crippen molar-refractivity contribution in [2.75, 3.05) is 51.5 Å². The molecule has 1 aromatic carbocycles. The van der Waals surface area contributed by atoms with Crippen LogP contribution in [0.4, 0.5) is 5.69 Å². The van der Waals surface area contributed by atoms with Gasteiger partial charge in [-0.1, -0.05) is 0 Å². The summed E-state index contributed by atoms with van der Waals surface area (Å²) in [5.41, 5.74) is 3.03. The summed E-state index contributed by atoms with van der Waals surface area (Å²) >= 11 is 0. The quantitative estimate of drug-likeness (QED) is 0.603. The van der Waals surface area contributed by atoms with Crippen molar-refractivity contribution in [1.29, 1.82) is 0 Å². The Bertz CT molecular complexity index is 1010. The number of imidazole rings is 1. The van der Waals surface area contributed by atoms with Gasteiger partial charge in [-0.15, -0.1) is 0 Å². The van der Waals surface area contributed by atoms with Crippen LogP contribution in [0, 0.1) is 6.92 Å². The first-order valence-electron chi connectivity index (χ1n) is 10.0. The first-order chi connectivity index (χ1) is 14.7. The van der Waals surface area contributed by atoms with Gasteiger partial charge in [0.25, 0.3) is 5.91 Å². The van der Waals surface area contributed by atoms with Crippen LogP contribution in [0.5, 0.6) is 11.5 Å². The van der Waals surface area contributed by atoms with Crippen LogP contribution < -0.4 is 19.7 Å². The number of aromatic nitrogens is 2. The van der Waals surface area contributed by atoms with Crippen LogP contribution in [-0.4, -0.2) is 61.9 Å². The average molecular weight is 410 g/mol. The molecule has 0 bridgehead atoms. The second kappa shape index (κ2) is 9.04. The van der Waals surface area contributed by atoms with E-state index < -0.39 is 0 Å². The lowest BCUT2D eigenvalue weighted by molar-refractivity contribution is 0.0940. The summed E-state index contributed by atoms with van der Waals surface area (Å²) in [6.07, 6.45) is 1.76. The number of benzene rings is 1. The van der Waals surface area contributed by atoms with Gasteiger partial charge in [-0.2, -0.15) is 0 Å². The van der Waals surface area contributed by atoms with E-state index in [9.17, 15) is 4.79 Å². The number of methoxy groups -OCH3 is 1. The number of anilines is 1. The number of nitrogens with one attached hydrogen (secondary N) is 1. The zero-order valence-corrected chi connectivity index (χ0v) is 17.3. The van der Waals surface area contributed by atoms with Crippen molar-refractivity contribution in [2.45, 2.75) is 6.92 Å². The molecule has 0 unspecified atom stereocenters. The van der Waals surface area contributed by atoms with E-state index in [-0.39, 0.29) is 5.91 Å². The molecule has 1 N–H and O–H groups in total. The maximum absolute atomic E-state index is 12.7. The third-order valence-corrected chi connectivity index (χ3v) is 5.09. The van der Waals surface area contributed by atoms with Crippen molar-refractivity contribution in [2.24, 2.45) is 0 Å². The minimum atomic E-state index is -0.195. The highest BCUT2D eigenvalue weighted by atomic mass is 16.5. The number of amides is 1. The molecule has 0 atom stereocenters. The molecule has 1 aliphatic heterocycles. The molecule has 30 heavy (non-hydrogen) atoms. The highest BCUT2D eigenvalue weighted by molar-refractivity contribution is 5.94. The molecule has 0 spiro atoms. The average Bonchev–Trinajstić information content (AvgIpc) is 3.12. The van der Waals surface area contributed by atoms with Crippen molar-refractivity contribution >= 4 is 17.2 Å². The number of morpholine rings is 1. The topological polar surface area (TPSA) is 77.3 Å². The number of hydrogen-bond donors (Lipinski definition) is 1. The third kappa shape index (κ3) is 4.33. The van der Waals surface area contributed by atoms with Gasteiger partial charge < -0.3 is 24.4 Å². The van der Waals surface area contributed by atoms with Crippen LogP contribution in [0.15, 0.2) is 42.6 Å². The molecule has 8 nitrogen and oxygen atoms in total. The largest absolute Gasteiger partial charge is 0.495 e. The molecule has 3 heterocycles. The second-order valence-corrected chi connectivity index (χ2v) is 7.04. The molecule has 4 rings (SSSR count). The van der Waals surface area contributed by atoms with Gasteiger partial charge in [0.1, 0.15) is 29.4 Å². The number of hydrogen-bond acceptors (Lipinski definition) is 6. The smallest absolute Gasteiger partial charge is 0.270 e. The Balaban J connectivity index is 1.31. The van der Waals surface area contributed by atoms with E-state index in [1.165, 1.54) is 0 Å². The number of aryl methyl sites for hydroxylation is 1. The standard InChI is InChI=1S/C22H26N4O4/c1-16-21(26-15-19(28-2)7-8-20(26)24-16)22(27)23-9-12-30-18-5-3-17(4-6-18)25-10-13-29-14-11-25/h3-8,15H,9-14H2,1-2H3,(H,23,27). The third-order valence-electron chi connectivity index (χ3n) is 5.09. The van der Waals surface area contributed by atoms with Crippen LogP contribution in [0.1, 0.15) is 16.2 Å². The van der Waals surface area contributed by atoms with Gasteiger partial charge >= 0.3 is 0 Å². The first-order valence-corrected chi connectivity index (χ1v) is 10.0. The Morgan fingerprint density at radius 3 is 2.60 bits per heavy atom. The van der Waals surface area contributed by atoms with E-state index in [4.69, 9.17) is 14.2 Å². The number of carbonyl (C=O) groups excluding carboxylic acids is 1. The van der Waals surface area contributed by atoms with Crippen molar-refractivity contribution in [3.63, 3.8) is 0 Å². The van der Waals surface area contributed by atoms with Crippen molar-refractivity contribution in [1.82, 2.24) is 14.7 Å². The summed E-state index contributed by atoms with van der Waals surface area (Å²) in [7, 11) is 1.59. The van der Waals surface area contributed by atoms with E-state index in [0.717, 1.165) is 37.7 Å². The molecule has 0 aliphatic carbocycles. The fourth-order valence-electron chi connectivity index (χ4n) is 3.53. The molecule has 3 aromatic rings. The van der Waals surface area contributed by atoms with Crippen molar-refractivity contribution in [3.8, 4) is 11.5 Å². The molecule has 1 saturated heterocycles. The van der Waals surface area contributed by atoms with E-state index in [1.54, 1.807) is 17.7 Å². The van der Waals surface area contributed by atoms with Gasteiger partial charge in [0.05, 0.1) is 38.8 Å². The molecule has 0 saturated carbocycles. The predicted molar refractivity (Wildman–Crippen MR) is 114 cm³/mol. The maximum atomic E-state index is 12.7. The Kier molecular flexibility index (Phi) is 6.04. The summed E-state index contributed by atoms with van der Waals surface area (Å²) in [5.74, 6) is 1.24. The second-order valence-electron chi connectivity index (χ2n) is 7.04. The fourth-order valence-corrected chi connectivity index (χ4v) is 3.53. The Hall–Kier alpha value is -3.26. The van der Waals surface area contributed by atoms with Crippen LogP contribution >= 0.6 is 0 Å². The van der Waals surface area contributed by atoms with Crippen molar-refractivity contribution in [3.05, 3.63) is 54.0 Å². The number of rotatable bonds is 7. The normalized spacial score (nSPS) is 14.0. The minimum Gasteiger partial charge on any atom is -0.495 e. The van der Waals surface area contributed by atoms with Gasteiger partial charge in [-0.05, 0) is 43.3 Å². The Morgan fingerprint density at radius 2 is 1.87 bits per heavy atom. The van der Waals surface area contributed by atoms with Crippen LogP contribution in [0.25, 0.3) is 5.65 Å². The summed E-state index contributed by atoms with van der Waals surface area (Å²) < 4.78 is 18.2. The van der Waals surface area contributed by atoms with Gasteiger partial charge in [0.2, 0.25) is 0 Å². The summed E-state index contributed by atoms with van der Waals surface area (Å²) in [4.78, 5) is 19.4. The number of fused-ring (bicyclic) bond motifs is 1. The zero-order valence-electron chi connectivity index (χ0n) is 17.3. The Morgan fingerprint density at radius 1 is 1.13 bits per heavy atom. The highest BCUT2D eigenvalue weighted by Crippen LogP contribution is 2.20. The maximum Gasteiger partial charge on any atom is 0.270 e. The van der Waals surface area contributed by atoms with Gasteiger partial charge in [-0.25, -0.2) is 4.98 Å². The molecular weight excluding hydrogens is 384 g/mol. The molecular formula is C22H26N4O4. The van der Waals surface area contributed by atoms with E-state index >= 15 is 0 Å². The number of ether oxygens (including phenoxy) is 3. The summed E-state index contributed by atoms with van der Waals surface area (Å²) in [6.45, 7) is 5.91. The molecule has 1 aliphatic rings. The fraction of sp³-hybridized carbons (Fsp3) is 0.364. The Labute approximate surface area is 175 Å². The summed E-state index contributed by atoms with van der Waals surface area (Å²) in [6, 6.07) is 11.7. The van der Waals surface area contributed by atoms with Crippen LogP contribution in [0.2, 0.25) is 0 Å². The molecule has 2 aromatic heterocycles. The predicted octanol–water partition coefficient (Wildman–Crippen LogP) is 2.30. The van der Waals surface area contributed by atoms with Gasteiger partial charge in [0, 0.05) is 18.8 Å². The zero-order chi connectivity index (χ0) is 20.9. The molecule has 158 valence electrons. The summed E-state index contributed by atoms with van der Waals surface area (Å²) in [5, 5.41) is 2.90. The lowest BCUT2D eigenvalue weighted by Crippen LogP contribution is -2.36. The SMILES string of the molecule is COc1ccc2nc(C)c(C(=O)NCCOc3ccc(N4CCOCC4)cc3)n2c1. The van der Waals surface area contributed by atoms with Gasteiger partial charge in [-0.3, -0.25) is 9.20 Å². The molecule has 0 radical (unpaired) electrons. The number of carbonyl (C=O) groups is 1. The number of pyridine rings is 1. The first kappa shape index (κ1) is 20.0. The molecule has 8 heteroatoms. The minimum absolute atomic E-state index is 0.195. The van der Waals surface area contributed by atoms with Gasteiger partial charge in [0.15, 0.2) is 0 Å². The molecule has 1 fully saturated rings. The van der Waals surface area contributed by atoms with E-state index in [0.29, 0.717) is 35.9 Å². The van der Waals surface area contributed by atoms with Crippen LogP contribution in [0.3, 0.4) is 0 Å². The highest BCUT2D eigenvalue weighted by Gasteiger charge is 2.17. The monoisotopic (exact) mass is 410 g/mol. The molecule has 1 amide bonds. The number of nitrogens with zero attached hydrogens (tertiary/aromatic N) is 3. The van der Waals surface area contributed by atoms with Crippen molar-refractivity contribution < 1.29 is 19.0 Å². The van der Waals surface area contributed by atoms with E-state index in [2.05, 4.69) is 15.2 Å². The lowest BCUT2D eigenvalue weighted by atomic mass is 10.2.